The SMILES string of the molecule is OC[C@@H](I)c1cscn1. The van der Waals surface area contributed by atoms with Gasteiger partial charge < -0.3 is 5.11 Å². The Balaban J connectivity index is 2.65. The topological polar surface area (TPSA) is 33.1 Å². The normalized spacial score (nSPS) is 13.6. The highest BCUT2D eigenvalue weighted by molar-refractivity contribution is 14.1. The first-order valence-electron chi connectivity index (χ1n) is 2.47. The minimum atomic E-state index is 0.161. The van der Waals surface area contributed by atoms with Gasteiger partial charge in [-0.2, -0.15) is 0 Å². The van der Waals surface area contributed by atoms with Crippen LogP contribution in [0.2, 0.25) is 0 Å². The molecule has 1 atom stereocenters. The minimum Gasteiger partial charge on any atom is -0.395 e. The summed E-state index contributed by atoms with van der Waals surface area (Å²) in [6.07, 6.45) is 0. The van der Waals surface area contributed by atoms with E-state index in [1.807, 2.05) is 5.38 Å². The van der Waals surface area contributed by atoms with Crippen molar-refractivity contribution in [2.75, 3.05) is 6.61 Å². The lowest BCUT2D eigenvalue weighted by Crippen LogP contribution is -1.94. The predicted octanol–water partition coefficient (Wildman–Crippen LogP) is 1.61. The van der Waals surface area contributed by atoms with E-state index < -0.39 is 0 Å². The van der Waals surface area contributed by atoms with Gasteiger partial charge in [-0.25, -0.2) is 4.98 Å². The summed E-state index contributed by atoms with van der Waals surface area (Å²) in [6.45, 7) is 0.171. The van der Waals surface area contributed by atoms with Gasteiger partial charge in [0, 0.05) is 5.38 Å². The quantitative estimate of drug-likeness (QED) is 0.643. The molecule has 0 bridgehead atoms. The first-order chi connectivity index (χ1) is 4.34. The third kappa shape index (κ3) is 1.87. The van der Waals surface area contributed by atoms with Crippen LogP contribution in [0.25, 0.3) is 0 Å². The predicted molar refractivity (Wildman–Crippen MR) is 46.0 cm³/mol. The van der Waals surface area contributed by atoms with E-state index in [9.17, 15) is 0 Å². The molecule has 0 radical (unpaired) electrons. The lowest BCUT2D eigenvalue weighted by atomic mass is 10.4. The molecule has 0 aromatic carbocycles. The highest BCUT2D eigenvalue weighted by Gasteiger charge is 2.05. The largest absolute Gasteiger partial charge is 0.395 e. The van der Waals surface area contributed by atoms with Crippen molar-refractivity contribution in [1.82, 2.24) is 4.98 Å². The summed E-state index contributed by atoms with van der Waals surface area (Å²) in [7, 11) is 0. The molecule has 0 aliphatic heterocycles. The Morgan fingerprint density at radius 3 is 3.11 bits per heavy atom. The Morgan fingerprint density at radius 2 is 2.67 bits per heavy atom. The molecular formula is C5H6INOS. The van der Waals surface area contributed by atoms with Crippen molar-refractivity contribution in [3.63, 3.8) is 0 Å². The van der Waals surface area contributed by atoms with E-state index in [0.717, 1.165) is 5.69 Å². The summed E-state index contributed by atoms with van der Waals surface area (Å²) >= 11 is 3.72. The van der Waals surface area contributed by atoms with Gasteiger partial charge in [0.2, 0.25) is 0 Å². The molecule has 1 aromatic heterocycles. The van der Waals surface area contributed by atoms with Crippen LogP contribution >= 0.6 is 33.9 Å². The van der Waals surface area contributed by atoms with E-state index in [2.05, 4.69) is 27.6 Å². The van der Waals surface area contributed by atoms with Crippen LogP contribution in [0.5, 0.6) is 0 Å². The van der Waals surface area contributed by atoms with Gasteiger partial charge in [-0.1, -0.05) is 22.6 Å². The Kier molecular flexibility index (Phi) is 2.87. The number of halogens is 1. The van der Waals surface area contributed by atoms with E-state index in [4.69, 9.17) is 5.11 Å². The fourth-order valence-corrected chi connectivity index (χ4v) is 1.66. The number of hydrogen-bond acceptors (Lipinski definition) is 3. The number of thiazole rings is 1. The summed E-state index contributed by atoms with van der Waals surface area (Å²) in [5, 5.41) is 10.6. The fraction of sp³-hybridized carbons (Fsp3) is 0.400. The van der Waals surface area contributed by atoms with Crippen LogP contribution in [-0.4, -0.2) is 16.7 Å². The maximum atomic E-state index is 8.66. The van der Waals surface area contributed by atoms with Crippen LogP contribution in [0.15, 0.2) is 10.9 Å². The van der Waals surface area contributed by atoms with Crippen LogP contribution in [0.3, 0.4) is 0 Å². The molecule has 0 aliphatic rings. The maximum Gasteiger partial charge on any atom is 0.0795 e. The molecule has 0 aliphatic carbocycles. The van der Waals surface area contributed by atoms with E-state index in [1.54, 1.807) is 16.8 Å². The minimum absolute atomic E-state index is 0.161. The molecule has 1 aromatic rings. The molecule has 0 amide bonds. The highest BCUT2D eigenvalue weighted by atomic mass is 127. The molecule has 0 saturated carbocycles. The van der Waals surface area contributed by atoms with E-state index in [-0.39, 0.29) is 10.5 Å². The first-order valence-corrected chi connectivity index (χ1v) is 4.66. The number of aliphatic hydroxyl groups excluding tert-OH is 1. The summed E-state index contributed by atoms with van der Waals surface area (Å²) in [5.41, 5.74) is 2.75. The van der Waals surface area contributed by atoms with E-state index >= 15 is 0 Å². The van der Waals surface area contributed by atoms with Crippen LogP contribution in [0.1, 0.15) is 9.62 Å². The number of hydrogen-bond donors (Lipinski definition) is 1. The zero-order chi connectivity index (χ0) is 6.69. The van der Waals surface area contributed by atoms with E-state index in [0.29, 0.717) is 0 Å². The lowest BCUT2D eigenvalue weighted by molar-refractivity contribution is 0.299. The molecule has 1 rings (SSSR count). The van der Waals surface area contributed by atoms with Crippen molar-refractivity contribution in [3.05, 3.63) is 16.6 Å². The molecular weight excluding hydrogens is 249 g/mol. The maximum absolute atomic E-state index is 8.66. The number of rotatable bonds is 2. The van der Waals surface area contributed by atoms with Gasteiger partial charge in [-0.3, -0.25) is 0 Å². The zero-order valence-corrected chi connectivity index (χ0v) is 7.59. The first kappa shape index (κ1) is 7.43. The third-order valence-corrected chi connectivity index (χ3v) is 2.57. The molecule has 0 spiro atoms. The average Bonchev–Trinajstić information content (AvgIpc) is 2.37. The number of aliphatic hydroxyl groups is 1. The Bertz CT molecular complexity index is 165. The molecule has 9 heavy (non-hydrogen) atoms. The average molecular weight is 255 g/mol. The monoisotopic (exact) mass is 255 g/mol. The second kappa shape index (κ2) is 3.48. The van der Waals surface area contributed by atoms with Crippen molar-refractivity contribution >= 4 is 33.9 Å². The van der Waals surface area contributed by atoms with Gasteiger partial charge in [0.05, 0.1) is 21.7 Å². The van der Waals surface area contributed by atoms with Gasteiger partial charge in [0.25, 0.3) is 0 Å². The lowest BCUT2D eigenvalue weighted by Gasteiger charge is -1.98. The number of alkyl halides is 1. The Morgan fingerprint density at radius 1 is 1.89 bits per heavy atom. The van der Waals surface area contributed by atoms with Gasteiger partial charge in [-0.05, 0) is 0 Å². The number of aromatic nitrogens is 1. The molecule has 0 fully saturated rings. The molecule has 1 N–H and O–H groups in total. The Labute approximate surface area is 71.1 Å². The van der Waals surface area contributed by atoms with Gasteiger partial charge >= 0.3 is 0 Å². The summed E-state index contributed by atoms with van der Waals surface area (Å²) in [5.74, 6) is 0. The summed E-state index contributed by atoms with van der Waals surface area (Å²) in [4.78, 5) is 4.04. The second-order valence-corrected chi connectivity index (χ2v) is 3.79. The molecule has 2 nitrogen and oxygen atoms in total. The van der Waals surface area contributed by atoms with Gasteiger partial charge in [0.1, 0.15) is 0 Å². The zero-order valence-electron chi connectivity index (χ0n) is 4.62. The molecule has 50 valence electrons. The summed E-state index contributed by atoms with van der Waals surface area (Å²) in [6, 6.07) is 0. The Hall–Kier alpha value is 0.320. The molecule has 1 heterocycles. The standard InChI is InChI=1S/C5H6INOS/c6-4(1-8)5-2-9-3-7-5/h2-4,8H,1H2/t4-/m1/s1. The molecule has 4 heteroatoms. The van der Waals surface area contributed by atoms with Crippen LogP contribution in [0, 0.1) is 0 Å². The van der Waals surface area contributed by atoms with Crippen molar-refractivity contribution < 1.29 is 5.11 Å². The van der Waals surface area contributed by atoms with Crippen molar-refractivity contribution in [1.29, 1.82) is 0 Å². The molecule has 0 unspecified atom stereocenters. The summed E-state index contributed by atoms with van der Waals surface area (Å²) < 4.78 is 0.161. The van der Waals surface area contributed by atoms with Gasteiger partial charge in [-0.15, -0.1) is 11.3 Å². The highest BCUT2D eigenvalue weighted by Crippen LogP contribution is 2.21. The fourth-order valence-electron chi connectivity index (χ4n) is 0.470. The van der Waals surface area contributed by atoms with Gasteiger partial charge in [0.15, 0.2) is 0 Å². The van der Waals surface area contributed by atoms with Crippen LogP contribution in [-0.2, 0) is 0 Å². The van der Waals surface area contributed by atoms with Crippen LogP contribution < -0.4 is 0 Å². The van der Waals surface area contributed by atoms with Crippen molar-refractivity contribution in [2.24, 2.45) is 0 Å². The van der Waals surface area contributed by atoms with Crippen molar-refractivity contribution in [3.8, 4) is 0 Å². The number of nitrogens with zero attached hydrogens (tertiary/aromatic N) is 1. The van der Waals surface area contributed by atoms with E-state index in [1.165, 1.54) is 0 Å². The third-order valence-electron chi connectivity index (χ3n) is 0.933. The second-order valence-electron chi connectivity index (χ2n) is 1.56. The van der Waals surface area contributed by atoms with Crippen LogP contribution in [0.4, 0.5) is 0 Å². The smallest absolute Gasteiger partial charge is 0.0795 e. The molecule has 0 saturated heterocycles. The van der Waals surface area contributed by atoms with Crippen molar-refractivity contribution in [2.45, 2.75) is 3.92 Å².